The van der Waals surface area contributed by atoms with Gasteiger partial charge in [-0.25, -0.2) is 0 Å². The second kappa shape index (κ2) is 8.03. The summed E-state index contributed by atoms with van der Waals surface area (Å²) < 4.78 is 0. The fraction of sp³-hybridized carbons (Fsp3) is 0.833. The molecule has 0 saturated heterocycles. The van der Waals surface area contributed by atoms with E-state index in [1.54, 1.807) is 11.8 Å². The highest BCUT2D eigenvalue weighted by molar-refractivity contribution is 8.13. The Hall–Kier alpha value is -0.160. The van der Waals surface area contributed by atoms with Crippen LogP contribution in [0.5, 0.6) is 0 Å². The third kappa shape index (κ3) is 6.99. The van der Waals surface area contributed by atoms with E-state index in [-0.39, 0.29) is 5.17 Å². The first-order chi connectivity index (χ1) is 8.08. The van der Waals surface area contributed by atoms with E-state index < -0.39 is 0 Å². The molecule has 17 heavy (non-hydrogen) atoms. The van der Waals surface area contributed by atoms with Crippen LogP contribution in [-0.4, -0.2) is 21.7 Å². The number of thioether (sulfide) groups is 2. The first-order valence-corrected chi connectivity index (χ1v) is 8.19. The third-order valence-corrected chi connectivity index (χ3v) is 5.11. The van der Waals surface area contributed by atoms with Crippen molar-refractivity contribution in [1.82, 2.24) is 0 Å². The van der Waals surface area contributed by atoms with E-state index in [4.69, 9.17) is 16.6 Å². The van der Waals surface area contributed by atoms with Crippen molar-refractivity contribution >= 4 is 33.7 Å². The number of hydrogen-bond donors (Lipinski definition) is 3. The van der Waals surface area contributed by atoms with Crippen LogP contribution < -0.4 is 5.73 Å². The summed E-state index contributed by atoms with van der Waals surface area (Å²) >= 11 is 3.16. The van der Waals surface area contributed by atoms with Gasteiger partial charge in [0, 0.05) is 5.75 Å². The highest BCUT2D eigenvalue weighted by atomic mass is 32.2. The van der Waals surface area contributed by atoms with E-state index in [1.807, 2.05) is 6.92 Å². The fourth-order valence-electron chi connectivity index (χ4n) is 2.27. The van der Waals surface area contributed by atoms with E-state index >= 15 is 0 Å². The number of nitrogens with two attached hydrogens (primary N) is 1. The van der Waals surface area contributed by atoms with Gasteiger partial charge in [-0.1, -0.05) is 24.6 Å². The lowest BCUT2D eigenvalue weighted by Gasteiger charge is -2.28. The molecule has 0 bridgehead atoms. The Morgan fingerprint density at radius 1 is 1.12 bits per heavy atom. The lowest BCUT2D eigenvalue weighted by Crippen LogP contribution is -2.18. The van der Waals surface area contributed by atoms with Crippen molar-refractivity contribution in [3.8, 4) is 0 Å². The van der Waals surface area contributed by atoms with E-state index in [2.05, 4.69) is 0 Å². The Balaban J connectivity index is 2.08. The monoisotopic (exact) mass is 273 g/mol. The summed E-state index contributed by atoms with van der Waals surface area (Å²) in [5.41, 5.74) is 5.35. The van der Waals surface area contributed by atoms with E-state index in [1.165, 1.54) is 43.9 Å². The average Bonchev–Trinajstić information content (AvgIpc) is 2.27. The highest BCUT2D eigenvalue weighted by Gasteiger charge is 2.21. The SMILES string of the molecule is CC(=N)SCC[C@H]1CC[C@@H](CSC(=N)N)CC1. The van der Waals surface area contributed by atoms with Gasteiger partial charge in [0.1, 0.15) is 0 Å². The first-order valence-electron chi connectivity index (χ1n) is 6.22. The summed E-state index contributed by atoms with van der Waals surface area (Å²) in [6.45, 7) is 1.86. The number of hydrogen-bond acceptors (Lipinski definition) is 4. The minimum Gasteiger partial charge on any atom is -0.379 e. The van der Waals surface area contributed by atoms with Crippen LogP contribution in [-0.2, 0) is 0 Å². The van der Waals surface area contributed by atoms with Gasteiger partial charge in [-0.3, -0.25) is 10.8 Å². The van der Waals surface area contributed by atoms with E-state index in [9.17, 15) is 0 Å². The number of rotatable bonds is 5. The maximum atomic E-state index is 7.37. The zero-order chi connectivity index (χ0) is 12.7. The molecule has 1 saturated carbocycles. The molecule has 98 valence electrons. The van der Waals surface area contributed by atoms with Crippen molar-refractivity contribution in [2.24, 2.45) is 17.6 Å². The summed E-state index contributed by atoms with van der Waals surface area (Å²) in [7, 11) is 0. The smallest absolute Gasteiger partial charge is 0.151 e. The van der Waals surface area contributed by atoms with Gasteiger partial charge >= 0.3 is 0 Å². The van der Waals surface area contributed by atoms with E-state index in [0.717, 1.165) is 28.4 Å². The molecule has 1 rings (SSSR count). The molecule has 0 radical (unpaired) electrons. The number of nitrogens with one attached hydrogen (secondary N) is 2. The quantitative estimate of drug-likeness (QED) is 0.530. The van der Waals surface area contributed by atoms with Crippen LogP contribution in [0, 0.1) is 22.7 Å². The van der Waals surface area contributed by atoms with Crippen LogP contribution >= 0.6 is 23.5 Å². The molecule has 0 atom stereocenters. The van der Waals surface area contributed by atoms with Crippen LogP contribution in [0.2, 0.25) is 0 Å². The van der Waals surface area contributed by atoms with Crippen molar-refractivity contribution in [3.05, 3.63) is 0 Å². The maximum absolute atomic E-state index is 7.37. The minimum absolute atomic E-state index is 0.255. The molecular weight excluding hydrogens is 250 g/mol. The molecule has 1 aliphatic rings. The number of amidine groups is 1. The molecular formula is C12H23N3S2. The Morgan fingerprint density at radius 3 is 2.24 bits per heavy atom. The van der Waals surface area contributed by atoms with Gasteiger partial charge in [0.25, 0.3) is 0 Å². The highest BCUT2D eigenvalue weighted by Crippen LogP contribution is 2.33. The molecule has 0 spiro atoms. The molecule has 0 heterocycles. The summed E-state index contributed by atoms with van der Waals surface area (Å²) in [5.74, 6) is 3.75. The summed E-state index contributed by atoms with van der Waals surface area (Å²) in [6, 6.07) is 0. The van der Waals surface area contributed by atoms with Crippen molar-refractivity contribution in [2.45, 2.75) is 39.0 Å². The Kier molecular flexibility index (Phi) is 7.04. The van der Waals surface area contributed by atoms with Gasteiger partial charge < -0.3 is 5.73 Å². The van der Waals surface area contributed by atoms with Crippen LogP contribution in [0.1, 0.15) is 39.0 Å². The Morgan fingerprint density at radius 2 is 1.71 bits per heavy atom. The molecule has 3 nitrogen and oxygen atoms in total. The summed E-state index contributed by atoms with van der Waals surface area (Å²) in [4.78, 5) is 0. The van der Waals surface area contributed by atoms with Crippen molar-refractivity contribution in [2.75, 3.05) is 11.5 Å². The first kappa shape index (κ1) is 14.9. The molecule has 1 aliphatic carbocycles. The maximum Gasteiger partial charge on any atom is 0.151 e. The van der Waals surface area contributed by atoms with Crippen molar-refractivity contribution in [1.29, 1.82) is 10.8 Å². The van der Waals surface area contributed by atoms with Crippen LogP contribution in [0.4, 0.5) is 0 Å². The molecule has 0 aromatic carbocycles. The lowest BCUT2D eigenvalue weighted by molar-refractivity contribution is 0.289. The molecule has 0 unspecified atom stereocenters. The molecule has 1 fully saturated rings. The zero-order valence-corrected chi connectivity index (χ0v) is 12.1. The normalized spacial score (nSPS) is 24.5. The van der Waals surface area contributed by atoms with Crippen LogP contribution in [0.25, 0.3) is 0 Å². The average molecular weight is 273 g/mol. The molecule has 0 aromatic rings. The second-order valence-electron chi connectivity index (χ2n) is 4.76. The summed E-state index contributed by atoms with van der Waals surface area (Å²) in [5, 5.41) is 15.6. The van der Waals surface area contributed by atoms with Gasteiger partial charge in [0.15, 0.2) is 5.17 Å². The summed E-state index contributed by atoms with van der Waals surface area (Å²) in [6.07, 6.45) is 6.48. The van der Waals surface area contributed by atoms with Crippen molar-refractivity contribution in [3.63, 3.8) is 0 Å². The van der Waals surface area contributed by atoms with Crippen LogP contribution in [0.3, 0.4) is 0 Å². The molecule has 4 N–H and O–H groups in total. The predicted octanol–water partition coefficient (Wildman–Crippen LogP) is 3.54. The van der Waals surface area contributed by atoms with Gasteiger partial charge in [-0.05, 0) is 43.8 Å². The zero-order valence-electron chi connectivity index (χ0n) is 10.5. The van der Waals surface area contributed by atoms with Gasteiger partial charge in [-0.2, -0.15) is 0 Å². The largest absolute Gasteiger partial charge is 0.379 e. The molecule has 0 aromatic heterocycles. The van der Waals surface area contributed by atoms with E-state index in [0.29, 0.717) is 0 Å². The van der Waals surface area contributed by atoms with Gasteiger partial charge in [-0.15, -0.1) is 11.8 Å². The van der Waals surface area contributed by atoms with Crippen LogP contribution in [0.15, 0.2) is 0 Å². The molecule has 0 aliphatic heterocycles. The second-order valence-corrected chi connectivity index (χ2v) is 7.13. The van der Waals surface area contributed by atoms with Crippen molar-refractivity contribution < 1.29 is 0 Å². The Labute approximate surface area is 113 Å². The molecule has 0 amide bonds. The predicted molar refractivity (Wildman–Crippen MR) is 80.3 cm³/mol. The van der Waals surface area contributed by atoms with Gasteiger partial charge in [0.05, 0.1) is 5.04 Å². The lowest BCUT2D eigenvalue weighted by atomic mass is 9.82. The molecule has 5 heteroatoms. The Bertz CT molecular complexity index is 260. The minimum atomic E-state index is 0.255. The van der Waals surface area contributed by atoms with Gasteiger partial charge in [0.2, 0.25) is 0 Å². The third-order valence-electron chi connectivity index (χ3n) is 3.29. The fourth-order valence-corrected chi connectivity index (χ4v) is 3.78. The topological polar surface area (TPSA) is 73.7 Å². The standard InChI is InChI=1S/C12H23N3S2/c1-9(13)16-7-6-10-2-4-11(5-3-10)8-17-12(14)15/h10-11,13H,2-8H2,1H3,(H3,14,15)/t10-,11+.